The van der Waals surface area contributed by atoms with Crippen LogP contribution in [0.3, 0.4) is 0 Å². The molecule has 0 fully saturated rings. The van der Waals surface area contributed by atoms with E-state index in [9.17, 15) is 5.11 Å². The average Bonchev–Trinajstić information content (AvgIpc) is 2.65. The number of rotatable bonds is 3. The van der Waals surface area contributed by atoms with Crippen molar-refractivity contribution >= 4 is 23.4 Å². The van der Waals surface area contributed by atoms with Crippen LogP contribution in [0, 0.1) is 0 Å². The summed E-state index contributed by atoms with van der Waals surface area (Å²) >= 11 is 7.37. The second-order valence-corrected chi connectivity index (χ2v) is 4.62. The minimum Gasteiger partial charge on any atom is -0.505 e. The van der Waals surface area contributed by atoms with Gasteiger partial charge in [0.25, 0.3) is 0 Å². The molecule has 0 unspecified atom stereocenters. The molecule has 0 spiro atoms. The fraction of sp³-hybridized carbons (Fsp3) is 0.222. The molecule has 1 N–H and O–H groups in total. The Kier molecular flexibility index (Phi) is 3.31. The SMILES string of the molecule is CCSc1cc(Cl)nnc1-n1cc(O)cn1. The van der Waals surface area contributed by atoms with Gasteiger partial charge in [-0.1, -0.05) is 18.5 Å². The number of hydrogen-bond acceptors (Lipinski definition) is 5. The van der Waals surface area contributed by atoms with Gasteiger partial charge in [0.05, 0.1) is 17.3 Å². The summed E-state index contributed by atoms with van der Waals surface area (Å²) in [5.74, 6) is 1.54. The van der Waals surface area contributed by atoms with E-state index < -0.39 is 0 Å². The predicted octanol–water partition coefficient (Wildman–Crippen LogP) is 2.13. The third-order valence-corrected chi connectivity index (χ3v) is 2.88. The molecular formula is C9H9ClN4OS. The van der Waals surface area contributed by atoms with Crippen LogP contribution in [0.1, 0.15) is 6.92 Å². The van der Waals surface area contributed by atoms with Crippen molar-refractivity contribution in [3.8, 4) is 11.6 Å². The van der Waals surface area contributed by atoms with Gasteiger partial charge < -0.3 is 5.11 Å². The monoisotopic (exact) mass is 256 g/mol. The third kappa shape index (κ3) is 2.28. The highest BCUT2D eigenvalue weighted by Gasteiger charge is 2.10. The highest BCUT2D eigenvalue weighted by molar-refractivity contribution is 7.99. The standard InChI is InChI=1S/C9H9ClN4OS/c1-2-16-7-3-8(10)12-13-9(7)14-5-6(15)4-11-14/h3-5,15H,2H2,1H3. The molecular weight excluding hydrogens is 248 g/mol. The average molecular weight is 257 g/mol. The number of aromatic nitrogens is 4. The van der Waals surface area contributed by atoms with Crippen LogP contribution in [0.15, 0.2) is 23.4 Å². The van der Waals surface area contributed by atoms with Crippen LogP contribution in [-0.4, -0.2) is 30.8 Å². The lowest BCUT2D eigenvalue weighted by atomic mass is 10.5. The molecule has 7 heteroatoms. The van der Waals surface area contributed by atoms with E-state index in [0.717, 1.165) is 10.6 Å². The molecule has 2 aromatic heterocycles. The van der Waals surface area contributed by atoms with Gasteiger partial charge in [0.15, 0.2) is 16.7 Å². The highest BCUT2D eigenvalue weighted by atomic mass is 35.5. The van der Waals surface area contributed by atoms with Gasteiger partial charge in [-0.25, -0.2) is 4.68 Å². The molecule has 16 heavy (non-hydrogen) atoms. The van der Waals surface area contributed by atoms with E-state index in [1.807, 2.05) is 6.92 Å². The van der Waals surface area contributed by atoms with Crippen molar-refractivity contribution in [2.75, 3.05) is 5.75 Å². The van der Waals surface area contributed by atoms with Crippen molar-refractivity contribution in [1.82, 2.24) is 20.0 Å². The largest absolute Gasteiger partial charge is 0.505 e. The lowest BCUT2D eigenvalue weighted by Crippen LogP contribution is -2.02. The van der Waals surface area contributed by atoms with Crippen LogP contribution in [0.2, 0.25) is 5.15 Å². The summed E-state index contributed by atoms with van der Waals surface area (Å²) < 4.78 is 1.47. The van der Waals surface area contributed by atoms with Crippen molar-refractivity contribution in [3.05, 3.63) is 23.6 Å². The maximum Gasteiger partial charge on any atom is 0.189 e. The van der Waals surface area contributed by atoms with Crippen molar-refractivity contribution in [1.29, 1.82) is 0 Å². The highest BCUT2D eigenvalue weighted by Crippen LogP contribution is 2.25. The Bertz CT molecular complexity index is 502. The molecule has 0 radical (unpaired) electrons. The molecule has 0 aliphatic carbocycles. The molecule has 2 aromatic rings. The van der Waals surface area contributed by atoms with Crippen molar-refractivity contribution in [3.63, 3.8) is 0 Å². The van der Waals surface area contributed by atoms with Gasteiger partial charge in [-0.05, 0) is 11.8 Å². The van der Waals surface area contributed by atoms with Gasteiger partial charge in [-0.2, -0.15) is 5.10 Å². The Morgan fingerprint density at radius 1 is 1.50 bits per heavy atom. The predicted molar refractivity (Wildman–Crippen MR) is 62.2 cm³/mol. The second kappa shape index (κ2) is 4.71. The Balaban J connectivity index is 2.47. The summed E-state index contributed by atoms with van der Waals surface area (Å²) in [6.45, 7) is 2.03. The van der Waals surface area contributed by atoms with Crippen molar-refractivity contribution < 1.29 is 5.11 Å². The summed E-state index contributed by atoms with van der Waals surface area (Å²) in [6, 6.07) is 1.73. The first-order valence-electron chi connectivity index (χ1n) is 4.60. The normalized spacial score (nSPS) is 10.6. The van der Waals surface area contributed by atoms with Gasteiger partial charge in [0.2, 0.25) is 0 Å². The van der Waals surface area contributed by atoms with Gasteiger partial charge in [-0.3, -0.25) is 0 Å². The summed E-state index contributed by atoms with van der Waals surface area (Å²) in [5, 5.41) is 21.3. The van der Waals surface area contributed by atoms with E-state index in [1.165, 1.54) is 17.1 Å². The molecule has 0 aliphatic heterocycles. The summed E-state index contributed by atoms with van der Waals surface area (Å²) in [7, 11) is 0. The first kappa shape index (κ1) is 11.2. The first-order chi connectivity index (χ1) is 7.70. The van der Waals surface area contributed by atoms with Crippen LogP contribution in [0.4, 0.5) is 0 Å². The van der Waals surface area contributed by atoms with Crippen LogP contribution in [0.25, 0.3) is 5.82 Å². The molecule has 0 bridgehead atoms. The van der Waals surface area contributed by atoms with E-state index in [4.69, 9.17) is 11.6 Å². The minimum absolute atomic E-state index is 0.0872. The summed E-state index contributed by atoms with van der Waals surface area (Å²) in [5.41, 5.74) is 0. The smallest absolute Gasteiger partial charge is 0.189 e. The second-order valence-electron chi connectivity index (χ2n) is 2.93. The zero-order valence-electron chi connectivity index (χ0n) is 8.46. The van der Waals surface area contributed by atoms with E-state index >= 15 is 0 Å². The lowest BCUT2D eigenvalue weighted by Gasteiger charge is -2.05. The number of aromatic hydroxyl groups is 1. The molecule has 0 aromatic carbocycles. The quantitative estimate of drug-likeness (QED) is 0.853. The Morgan fingerprint density at radius 2 is 2.31 bits per heavy atom. The van der Waals surface area contributed by atoms with Crippen molar-refractivity contribution in [2.45, 2.75) is 11.8 Å². The van der Waals surface area contributed by atoms with Crippen LogP contribution in [0.5, 0.6) is 5.75 Å². The van der Waals surface area contributed by atoms with E-state index in [-0.39, 0.29) is 5.75 Å². The topological polar surface area (TPSA) is 63.8 Å². The maximum atomic E-state index is 9.23. The van der Waals surface area contributed by atoms with Gasteiger partial charge in [0.1, 0.15) is 0 Å². The van der Waals surface area contributed by atoms with E-state index in [1.54, 1.807) is 17.8 Å². The zero-order valence-corrected chi connectivity index (χ0v) is 10.0. The molecule has 0 atom stereocenters. The van der Waals surface area contributed by atoms with Crippen LogP contribution >= 0.6 is 23.4 Å². The number of hydrogen-bond donors (Lipinski definition) is 1. The molecule has 0 saturated carbocycles. The first-order valence-corrected chi connectivity index (χ1v) is 5.97. The maximum absolute atomic E-state index is 9.23. The fourth-order valence-electron chi connectivity index (χ4n) is 1.20. The molecule has 2 heterocycles. The molecule has 2 rings (SSSR count). The third-order valence-electron chi connectivity index (χ3n) is 1.80. The number of thioether (sulfide) groups is 1. The van der Waals surface area contributed by atoms with Crippen LogP contribution < -0.4 is 0 Å². The fourth-order valence-corrected chi connectivity index (χ4v) is 2.18. The van der Waals surface area contributed by atoms with Crippen LogP contribution in [-0.2, 0) is 0 Å². The summed E-state index contributed by atoms with van der Waals surface area (Å²) in [6.07, 6.45) is 2.81. The van der Waals surface area contributed by atoms with Crippen molar-refractivity contribution in [2.24, 2.45) is 0 Å². The summed E-state index contributed by atoms with van der Waals surface area (Å²) in [4.78, 5) is 0.880. The molecule has 0 aliphatic rings. The molecule has 0 amide bonds. The van der Waals surface area contributed by atoms with Gasteiger partial charge in [-0.15, -0.1) is 22.0 Å². The van der Waals surface area contributed by atoms with E-state index in [0.29, 0.717) is 11.0 Å². The molecule has 0 saturated heterocycles. The minimum atomic E-state index is 0.0872. The zero-order chi connectivity index (χ0) is 11.5. The Morgan fingerprint density at radius 3 is 2.94 bits per heavy atom. The molecule has 5 nitrogen and oxygen atoms in total. The lowest BCUT2D eigenvalue weighted by molar-refractivity contribution is 0.475. The van der Waals surface area contributed by atoms with Gasteiger partial charge >= 0.3 is 0 Å². The number of nitrogens with zero attached hydrogens (tertiary/aromatic N) is 4. The number of halogens is 1. The Labute approximate surface area is 101 Å². The Hall–Kier alpha value is -1.27. The molecule has 84 valence electrons. The van der Waals surface area contributed by atoms with Gasteiger partial charge in [0, 0.05) is 0 Å². The van der Waals surface area contributed by atoms with E-state index in [2.05, 4.69) is 15.3 Å².